The Balaban J connectivity index is 0.994. The van der Waals surface area contributed by atoms with E-state index in [9.17, 15) is 23.1 Å². The maximum Gasteiger partial charge on any atom is 0.326 e. The fourth-order valence-electron chi connectivity index (χ4n) is 9.22. The number of sulfonamides is 1. The number of nitrogens with zero attached hydrogens (tertiary/aromatic N) is 2. The van der Waals surface area contributed by atoms with Gasteiger partial charge in [0, 0.05) is 42.8 Å². The van der Waals surface area contributed by atoms with E-state index >= 15 is 0 Å². The molecule has 5 atom stereocenters. The number of aliphatic hydroxyl groups is 1. The number of hydrogen-bond donors (Lipinski definition) is 4. The minimum absolute atomic E-state index is 0.0594. The molecule has 65 heavy (non-hydrogen) atoms. The smallest absolute Gasteiger partial charge is 0.326 e. The number of benzene rings is 6. The lowest BCUT2D eigenvalue weighted by Gasteiger charge is -2.45. The summed E-state index contributed by atoms with van der Waals surface area (Å²) in [5.74, 6) is -0.737. The number of H-pyrrole nitrogens is 1. The summed E-state index contributed by atoms with van der Waals surface area (Å²) in [5.41, 5.74) is 7.29. The first kappa shape index (κ1) is 44.0. The third-order valence-electron chi connectivity index (χ3n) is 12.6. The molecule has 2 aliphatic rings. The molecule has 1 amide bonds. The van der Waals surface area contributed by atoms with Crippen LogP contribution in [-0.4, -0.2) is 65.7 Å². The molecule has 0 aliphatic carbocycles. The molecule has 4 N–H and O–H groups in total. The van der Waals surface area contributed by atoms with Gasteiger partial charge >= 0.3 is 5.69 Å². The first-order valence-electron chi connectivity index (χ1n) is 22.1. The van der Waals surface area contributed by atoms with Crippen molar-refractivity contribution >= 4 is 32.7 Å². The van der Waals surface area contributed by atoms with Gasteiger partial charge in [-0.25, -0.2) is 13.2 Å². The van der Waals surface area contributed by atoms with Gasteiger partial charge in [-0.05, 0) is 84.8 Å². The van der Waals surface area contributed by atoms with Crippen molar-refractivity contribution in [3.63, 3.8) is 0 Å². The minimum Gasteiger partial charge on any atom is -0.392 e. The molecule has 0 spiro atoms. The Morgan fingerprint density at radius 3 is 2.17 bits per heavy atom. The fourth-order valence-corrected chi connectivity index (χ4v) is 10.4. The third-order valence-corrected chi connectivity index (χ3v) is 14.1. The quantitative estimate of drug-likeness (QED) is 0.0859. The maximum atomic E-state index is 14.2. The molecular weight excluding hydrogens is 839 g/mol. The zero-order chi connectivity index (χ0) is 44.9. The van der Waals surface area contributed by atoms with Gasteiger partial charge in [-0.2, -0.15) is 4.72 Å². The van der Waals surface area contributed by atoms with Crippen molar-refractivity contribution in [2.24, 2.45) is 0 Å². The molecule has 0 bridgehead atoms. The number of carbonyl (C=O) groups is 1. The number of anilines is 1. The van der Waals surface area contributed by atoms with Crippen LogP contribution in [0.1, 0.15) is 70.6 Å². The van der Waals surface area contributed by atoms with Crippen LogP contribution in [0.3, 0.4) is 0 Å². The lowest BCUT2D eigenvalue weighted by atomic mass is 9.83. The predicted octanol–water partition coefficient (Wildman–Crippen LogP) is 7.93. The summed E-state index contributed by atoms with van der Waals surface area (Å²) in [6.45, 7) is 3.92. The van der Waals surface area contributed by atoms with Gasteiger partial charge in [0.2, 0.25) is 15.9 Å². The highest BCUT2D eigenvalue weighted by Crippen LogP contribution is 2.47. The van der Waals surface area contributed by atoms with Crippen molar-refractivity contribution in [1.82, 2.24) is 19.2 Å². The number of aliphatic hydroxyl groups excluding tert-OH is 1. The van der Waals surface area contributed by atoms with E-state index in [0.717, 1.165) is 64.8 Å². The Kier molecular flexibility index (Phi) is 13.2. The van der Waals surface area contributed by atoms with Crippen molar-refractivity contribution in [1.29, 1.82) is 0 Å². The number of nitrogens with one attached hydrogen (secondary N) is 3. The average Bonchev–Trinajstić information content (AvgIpc) is 3.67. The summed E-state index contributed by atoms with van der Waals surface area (Å²) in [5, 5.41) is 12.9. The number of aryl methyl sites for hydroxylation is 1. The molecule has 1 aromatic heterocycles. The standard InChI is InChI=1S/C52H53N5O7S/c1-35-19-25-43(26-20-35)65(61,62)55-45(31-36-11-4-2-5-12-36)50(59)53-41-16-10-15-40(32-41)51-63-47(33-56-29-27-42(28-30-56)57-46-18-9-8-17-44(46)54-52(57)60)48(38-13-6-3-7-14-38)49(64-51)39-23-21-37(34-58)22-24-39/h2-26,32,42,45,47-49,51,55,58H,27-31,33-34H2,1H3,(H,53,59)(H,54,60)/t45-,47-,48-,49+,51?/m1/s1. The van der Waals surface area contributed by atoms with Gasteiger partial charge in [0.25, 0.3) is 0 Å². The first-order valence-corrected chi connectivity index (χ1v) is 23.6. The normalized spacial score (nSPS) is 20.1. The number of ether oxygens (including phenoxy) is 2. The Morgan fingerprint density at radius 1 is 0.769 bits per heavy atom. The van der Waals surface area contributed by atoms with Gasteiger partial charge in [-0.3, -0.25) is 9.36 Å². The summed E-state index contributed by atoms with van der Waals surface area (Å²) >= 11 is 0. The molecule has 0 radical (unpaired) electrons. The van der Waals surface area contributed by atoms with Crippen LogP contribution < -0.4 is 15.7 Å². The zero-order valence-corrected chi connectivity index (χ0v) is 36.9. The van der Waals surface area contributed by atoms with Gasteiger partial charge in [-0.1, -0.05) is 127 Å². The van der Waals surface area contributed by atoms with Crippen LogP contribution in [0, 0.1) is 6.92 Å². The molecule has 2 fully saturated rings. The van der Waals surface area contributed by atoms with Crippen LogP contribution in [-0.2, 0) is 37.3 Å². The monoisotopic (exact) mass is 891 g/mol. The van der Waals surface area contributed by atoms with Crippen LogP contribution in [0.2, 0.25) is 0 Å². The topological polar surface area (TPSA) is 155 Å². The number of carbonyl (C=O) groups excluding carboxylic acids is 1. The van der Waals surface area contributed by atoms with Crippen molar-refractivity contribution in [3.8, 4) is 0 Å². The highest BCUT2D eigenvalue weighted by molar-refractivity contribution is 7.89. The number of para-hydroxylation sites is 2. The summed E-state index contributed by atoms with van der Waals surface area (Å²) in [6, 6.07) is 47.9. The van der Waals surface area contributed by atoms with Crippen LogP contribution >= 0.6 is 0 Å². The van der Waals surface area contributed by atoms with Gasteiger partial charge in [0.05, 0.1) is 34.7 Å². The van der Waals surface area contributed by atoms with Crippen molar-refractivity contribution in [2.75, 3.05) is 25.0 Å². The van der Waals surface area contributed by atoms with Gasteiger partial charge in [0.1, 0.15) is 6.04 Å². The number of amides is 1. The molecule has 334 valence electrons. The zero-order valence-electron chi connectivity index (χ0n) is 36.1. The van der Waals surface area contributed by atoms with E-state index < -0.39 is 34.4 Å². The number of aromatic amines is 1. The Hall–Kier alpha value is -6.19. The average molecular weight is 892 g/mol. The van der Waals surface area contributed by atoms with Crippen molar-refractivity contribution in [3.05, 3.63) is 202 Å². The summed E-state index contributed by atoms with van der Waals surface area (Å²) in [4.78, 5) is 32.8. The number of hydrogen-bond acceptors (Lipinski definition) is 8. The van der Waals surface area contributed by atoms with Crippen molar-refractivity contribution < 1.29 is 27.8 Å². The number of piperidine rings is 1. The molecule has 3 heterocycles. The Bertz CT molecular complexity index is 2880. The summed E-state index contributed by atoms with van der Waals surface area (Å²) in [6.07, 6.45) is 0.0647. The molecule has 1 unspecified atom stereocenters. The first-order chi connectivity index (χ1) is 31.6. The van der Waals surface area contributed by atoms with Crippen LogP contribution in [0.5, 0.6) is 0 Å². The Morgan fingerprint density at radius 2 is 1.45 bits per heavy atom. The molecular formula is C52H53N5O7S. The molecule has 13 heteroatoms. The van der Waals surface area contributed by atoms with E-state index in [0.29, 0.717) is 17.8 Å². The highest BCUT2D eigenvalue weighted by atomic mass is 32.2. The molecule has 2 aliphatic heterocycles. The van der Waals surface area contributed by atoms with E-state index in [1.54, 1.807) is 18.2 Å². The van der Waals surface area contributed by atoms with E-state index in [4.69, 9.17) is 9.47 Å². The molecule has 7 aromatic rings. The number of imidazole rings is 1. The van der Waals surface area contributed by atoms with Crippen molar-refractivity contribution in [2.45, 2.75) is 74.2 Å². The second kappa shape index (κ2) is 19.5. The molecule has 2 saturated heterocycles. The third kappa shape index (κ3) is 10.1. The van der Waals surface area contributed by atoms with Crippen LogP contribution in [0.25, 0.3) is 11.0 Å². The van der Waals surface area contributed by atoms with Gasteiger partial charge in [-0.15, -0.1) is 0 Å². The van der Waals surface area contributed by atoms with Crippen LogP contribution in [0.4, 0.5) is 5.69 Å². The summed E-state index contributed by atoms with van der Waals surface area (Å²) in [7, 11) is -4.05. The SMILES string of the molecule is Cc1ccc(S(=O)(=O)N[C@H](Cc2ccccc2)C(=O)Nc2cccc(C3O[C@H](CN4CCC(n5c(=O)[nH]c6ccccc65)CC4)[C@@H](c4ccccc4)[C@H](c4ccc(CO)cc4)O3)c2)cc1. The Labute approximate surface area is 378 Å². The van der Waals surface area contributed by atoms with E-state index in [2.05, 4.69) is 32.1 Å². The van der Waals surface area contributed by atoms with Gasteiger partial charge < -0.3 is 29.8 Å². The number of fused-ring (bicyclic) bond motifs is 1. The lowest BCUT2D eigenvalue weighted by molar-refractivity contribution is -0.264. The minimum atomic E-state index is -4.05. The largest absolute Gasteiger partial charge is 0.392 e. The summed E-state index contributed by atoms with van der Waals surface area (Å²) < 4.78 is 45.9. The number of aromatic nitrogens is 2. The number of rotatable bonds is 14. The number of likely N-dealkylation sites (tertiary alicyclic amines) is 1. The van der Waals surface area contributed by atoms with E-state index in [1.807, 2.05) is 127 Å². The van der Waals surface area contributed by atoms with Gasteiger partial charge in [0.15, 0.2) is 6.29 Å². The molecule has 12 nitrogen and oxygen atoms in total. The molecule has 6 aromatic carbocycles. The van der Waals surface area contributed by atoms with E-state index in [1.165, 1.54) is 12.1 Å². The lowest BCUT2D eigenvalue weighted by Crippen LogP contribution is -2.47. The van der Waals surface area contributed by atoms with Crippen LogP contribution in [0.15, 0.2) is 167 Å². The molecule has 9 rings (SSSR count). The fraction of sp³-hybridized carbons (Fsp3) is 0.269. The van der Waals surface area contributed by atoms with E-state index in [-0.39, 0.29) is 41.7 Å². The predicted molar refractivity (Wildman–Crippen MR) is 251 cm³/mol. The molecule has 0 saturated carbocycles. The maximum absolute atomic E-state index is 14.2. The second-order valence-corrected chi connectivity index (χ2v) is 18.8. The highest BCUT2D eigenvalue weighted by Gasteiger charge is 2.43. The second-order valence-electron chi connectivity index (χ2n) is 17.0.